The summed E-state index contributed by atoms with van der Waals surface area (Å²) in [6.45, 7) is 9.92. The van der Waals surface area contributed by atoms with Gasteiger partial charge in [-0.25, -0.2) is 0 Å². The van der Waals surface area contributed by atoms with Crippen LogP contribution in [0, 0.1) is 0 Å². The van der Waals surface area contributed by atoms with Crippen molar-refractivity contribution in [3.05, 3.63) is 71.2 Å². The van der Waals surface area contributed by atoms with Gasteiger partial charge in [-0.3, -0.25) is 29.0 Å². The van der Waals surface area contributed by atoms with E-state index < -0.39 is 0 Å². The van der Waals surface area contributed by atoms with Gasteiger partial charge in [0.1, 0.15) is 34.8 Å². The zero-order valence-electron chi connectivity index (χ0n) is 30.4. The zero-order valence-corrected chi connectivity index (χ0v) is 31.4. The number of aryl methyl sites for hydroxylation is 2. The standard InChI is InChI=1S/C19H23N3O3.C18H21N3O3.Na.H/c1-3-16-14(13-6-4-5-7-17(13)25-16)10-21-8-9-22-15(11-21)19(24)20(2)12-18(22)23;1-2-15-13(12-5-3-4-6-16(12)24-15)10-20-7-8-21-14(11-20)18(23)19-9-17(21)22;;/h4-7,15H,3,8-12H2,1-2H3;3-6,14H,2,7-11H2,1H3,(H,19,23);;/q;;+1;-1. The van der Waals surface area contributed by atoms with Crippen molar-refractivity contribution in [2.45, 2.75) is 51.9 Å². The molecule has 0 bridgehead atoms. The molecule has 2 aromatic carbocycles. The number of likely N-dealkylation sites (N-methyl/N-ethyl adjacent to an activating group) is 1. The van der Waals surface area contributed by atoms with Gasteiger partial charge in [0.2, 0.25) is 23.6 Å². The van der Waals surface area contributed by atoms with Crippen molar-refractivity contribution in [3.63, 3.8) is 0 Å². The van der Waals surface area contributed by atoms with Gasteiger partial charge in [0.05, 0.1) is 13.1 Å². The van der Waals surface area contributed by atoms with E-state index in [1.54, 1.807) is 16.8 Å². The summed E-state index contributed by atoms with van der Waals surface area (Å²) in [7, 11) is 1.70. The summed E-state index contributed by atoms with van der Waals surface area (Å²) in [5.74, 6) is 2.07. The summed E-state index contributed by atoms with van der Waals surface area (Å²) in [5.41, 5.74) is 4.23. The van der Waals surface area contributed by atoms with E-state index in [9.17, 15) is 19.2 Å². The summed E-state index contributed by atoms with van der Waals surface area (Å²) < 4.78 is 11.9. The van der Waals surface area contributed by atoms with Gasteiger partial charge in [-0.15, -0.1) is 0 Å². The van der Waals surface area contributed by atoms with E-state index in [-0.39, 0.29) is 79.8 Å². The van der Waals surface area contributed by atoms with Crippen LogP contribution in [0.2, 0.25) is 0 Å². The van der Waals surface area contributed by atoms with Gasteiger partial charge in [-0.2, -0.15) is 0 Å². The third-order valence-corrected chi connectivity index (χ3v) is 10.3. The Bertz CT molecular complexity index is 1910. The van der Waals surface area contributed by atoms with E-state index in [1.807, 2.05) is 36.4 Å². The number of para-hydroxylation sites is 2. The van der Waals surface area contributed by atoms with E-state index in [2.05, 4.69) is 41.1 Å². The van der Waals surface area contributed by atoms with Gasteiger partial charge < -0.3 is 30.3 Å². The van der Waals surface area contributed by atoms with Gasteiger partial charge in [-0.1, -0.05) is 50.2 Å². The third kappa shape index (κ3) is 6.96. The molecule has 0 aliphatic carbocycles. The van der Waals surface area contributed by atoms with Crippen LogP contribution >= 0.6 is 0 Å². The van der Waals surface area contributed by atoms with Crippen molar-refractivity contribution in [2.24, 2.45) is 0 Å². The SMILES string of the molecule is CCc1oc2ccccc2c1CN1CCN2C(=O)CN(C)C(=O)C2C1.CCc1oc2ccccc2c1CN1CCN2C(=O)CNC(=O)C2C1.[H-].[Na+]. The van der Waals surface area contributed by atoms with Gasteiger partial charge >= 0.3 is 29.6 Å². The molecule has 2 unspecified atom stereocenters. The Balaban J connectivity index is 0.000000190. The topological polar surface area (TPSA) is 123 Å². The normalized spacial score (nSPS) is 21.5. The summed E-state index contributed by atoms with van der Waals surface area (Å²) in [4.78, 5) is 58.2. The largest absolute Gasteiger partial charge is 1.00 e. The van der Waals surface area contributed by atoms with Crippen molar-refractivity contribution in [1.82, 2.24) is 29.8 Å². The molecule has 4 saturated heterocycles. The number of hydrogen-bond acceptors (Lipinski definition) is 8. The van der Waals surface area contributed by atoms with E-state index >= 15 is 0 Å². The molecule has 12 nitrogen and oxygen atoms in total. The van der Waals surface area contributed by atoms with Crippen LogP contribution < -0.4 is 34.9 Å². The van der Waals surface area contributed by atoms with Crippen LogP contribution in [-0.2, 0) is 45.1 Å². The molecule has 260 valence electrons. The Morgan fingerprint density at radius 2 is 1.22 bits per heavy atom. The molecule has 0 spiro atoms. The predicted molar refractivity (Wildman–Crippen MR) is 184 cm³/mol. The quantitative estimate of drug-likeness (QED) is 0.275. The first-order valence-electron chi connectivity index (χ1n) is 17.3. The summed E-state index contributed by atoms with van der Waals surface area (Å²) in [6.07, 6.45) is 1.68. The monoisotopic (exact) mass is 692 g/mol. The van der Waals surface area contributed by atoms with Crippen LogP contribution in [0.25, 0.3) is 21.9 Å². The van der Waals surface area contributed by atoms with Crippen molar-refractivity contribution in [1.29, 1.82) is 0 Å². The first kappa shape index (κ1) is 36.1. The molecule has 13 heteroatoms. The van der Waals surface area contributed by atoms with Crippen LogP contribution in [0.1, 0.15) is 37.9 Å². The second-order valence-electron chi connectivity index (χ2n) is 13.3. The molecule has 0 saturated carbocycles. The Morgan fingerprint density at radius 3 is 1.76 bits per heavy atom. The zero-order chi connectivity index (χ0) is 34.2. The number of furan rings is 2. The number of carbonyl (C=O) groups is 4. The minimum absolute atomic E-state index is 0. The molecule has 4 amide bonds. The summed E-state index contributed by atoms with van der Waals surface area (Å²) in [6, 6.07) is 15.4. The maximum absolute atomic E-state index is 12.5. The molecule has 2 atom stereocenters. The first-order chi connectivity index (χ1) is 23.7. The molecule has 1 N–H and O–H groups in total. The Labute approximate surface area is 315 Å². The minimum atomic E-state index is -0.372. The maximum Gasteiger partial charge on any atom is 1.00 e. The fourth-order valence-corrected chi connectivity index (χ4v) is 7.67. The second kappa shape index (κ2) is 15.3. The number of benzene rings is 2. The number of rotatable bonds is 6. The number of carbonyl (C=O) groups excluding carboxylic acids is 4. The molecule has 4 aliphatic rings. The molecule has 50 heavy (non-hydrogen) atoms. The Kier molecular flexibility index (Phi) is 11.0. The predicted octanol–water partition coefficient (Wildman–Crippen LogP) is -0.266. The fraction of sp³-hybridized carbons (Fsp3) is 0.459. The third-order valence-electron chi connectivity index (χ3n) is 10.3. The van der Waals surface area contributed by atoms with Gasteiger partial charge in [-0.05, 0) is 12.1 Å². The molecule has 6 heterocycles. The average molecular weight is 693 g/mol. The van der Waals surface area contributed by atoms with E-state index in [4.69, 9.17) is 8.83 Å². The van der Waals surface area contributed by atoms with E-state index in [1.165, 1.54) is 16.0 Å². The smallest absolute Gasteiger partial charge is 1.00 e. The minimum Gasteiger partial charge on any atom is -1.00 e. The number of piperazine rings is 4. The van der Waals surface area contributed by atoms with Crippen LogP contribution in [-0.4, -0.2) is 120 Å². The molecule has 4 aliphatic heterocycles. The van der Waals surface area contributed by atoms with Crippen molar-refractivity contribution in [2.75, 3.05) is 59.4 Å². The molecule has 4 aromatic rings. The van der Waals surface area contributed by atoms with Gasteiger partial charge in [0, 0.05) is 94.1 Å². The number of hydrogen-bond donors (Lipinski definition) is 1. The van der Waals surface area contributed by atoms with E-state index in [0.29, 0.717) is 26.2 Å². The average Bonchev–Trinajstić information content (AvgIpc) is 3.66. The summed E-state index contributed by atoms with van der Waals surface area (Å²) >= 11 is 0. The maximum atomic E-state index is 12.5. The number of fused-ring (bicyclic) bond motifs is 4. The number of nitrogens with one attached hydrogen (secondary N) is 1. The van der Waals surface area contributed by atoms with Gasteiger partial charge in [0.25, 0.3) is 0 Å². The van der Waals surface area contributed by atoms with Crippen LogP contribution in [0.3, 0.4) is 0 Å². The van der Waals surface area contributed by atoms with Crippen LogP contribution in [0.15, 0.2) is 57.4 Å². The Morgan fingerprint density at radius 1 is 0.720 bits per heavy atom. The second-order valence-corrected chi connectivity index (χ2v) is 13.3. The van der Waals surface area contributed by atoms with Crippen molar-refractivity contribution in [3.8, 4) is 0 Å². The molecule has 0 radical (unpaired) electrons. The molecule has 4 fully saturated rings. The van der Waals surface area contributed by atoms with Gasteiger partial charge in [0.15, 0.2) is 0 Å². The molecular formula is C37H45N6NaO6. The first-order valence-corrected chi connectivity index (χ1v) is 17.3. The number of nitrogens with zero attached hydrogens (tertiary/aromatic N) is 5. The fourth-order valence-electron chi connectivity index (χ4n) is 7.67. The molecule has 2 aromatic heterocycles. The van der Waals surface area contributed by atoms with Crippen LogP contribution in [0.5, 0.6) is 0 Å². The van der Waals surface area contributed by atoms with Crippen molar-refractivity contribution < 1.29 is 59.0 Å². The Hall–Kier alpha value is -3.68. The van der Waals surface area contributed by atoms with Crippen molar-refractivity contribution >= 4 is 45.6 Å². The molecular weight excluding hydrogens is 647 g/mol. The van der Waals surface area contributed by atoms with Crippen LogP contribution in [0.4, 0.5) is 0 Å². The van der Waals surface area contributed by atoms with E-state index in [0.717, 1.165) is 72.5 Å². The number of amides is 4. The molecule has 8 rings (SSSR count). The summed E-state index contributed by atoms with van der Waals surface area (Å²) in [5, 5.41) is 4.97.